The number of likely N-dealkylation sites (tertiary alicyclic amines) is 1. The van der Waals surface area contributed by atoms with Crippen molar-refractivity contribution in [2.75, 3.05) is 0 Å². The summed E-state index contributed by atoms with van der Waals surface area (Å²) >= 11 is 0. The molecule has 4 nitrogen and oxygen atoms in total. The molecule has 30 heavy (non-hydrogen) atoms. The summed E-state index contributed by atoms with van der Waals surface area (Å²) in [5, 5.41) is 10.9. The van der Waals surface area contributed by atoms with Gasteiger partial charge in [0.05, 0.1) is 11.6 Å². The summed E-state index contributed by atoms with van der Waals surface area (Å²) in [5.41, 5.74) is 2.92. The molecule has 1 unspecified atom stereocenters. The maximum absolute atomic E-state index is 13.3. The first-order valence-corrected chi connectivity index (χ1v) is 9.60. The van der Waals surface area contributed by atoms with Crippen LogP contribution in [0.5, 0.6) is 0 Å². The summed E-state index contributed by atoms with van der Waals surface area (Å²) < 4.78 is 13.3. The minimum atomic E-state index is -0.752. The van der Waals surface area contributed by atoms with Crippen LogP contribution in [-0.2, 0) is 16.1 Å². The second kappa shape index (κ2) is 7.95. The Kier molecular flexibility index (Phi) is 5.19. The summed E-state index contributed by atoms with van der Waals surface area (Å²) in [7, 11) is 0. The molecule has 1 N–H and O–H groups in total. The predicted molar refractivity (Wildman–Crippen MR) is 112 cm³/mol. The van der Waals surface area contributed by atoms with E-state index in [9.17, 15) is 19.1 Å². The van der Waals surface area contributed by atoms with Crippen LogP contribution in [0.2, 0.25) is 0 Å². The van der Waals surface area contributed by atoms with Crippen molar-refractivity contribution in [3.8, 4) is 0 Å². The molecule has 1 saturated heterocycles. The van der Waals surface area contributed by atoms with Crippen LogP contribution in [0.25, 0.3) is 5.76 Å². The lowest BCUT2D eigenvalue weighted by atomic mass is 9.94. The standard InChI is InChI=1S/C25H20FNO3/c1-16-7-9-18(10-8-16)22-21(23(28)19-11-13-20(26)14-12-19)24(29)25(30)27(22)15-17-5-3-2-4-6-17/h2-14,22,28H,15H2,1H3. The molecule has 3 aromatic carbocycles. The van der Waals surface area contributed by atoms with Crippen molar-refractivity contribution in [2.45, 2.75) is 19.5 Å². The van der Waals surface area contributed by atoms with Crippen molar-refractivity contribution < 1.29 is 19.1 Å². The van der Waals surface area contributed by atoms with Gasteiger partial charge in [0, 0.05) is 12.1 Å². The molecule has 1 fully saturated rings. The topological polar surface area (TPSA) is 57.6 Å². The number of aliphatic hydroxyl groups excluding tert-OH is 1. The van der Waals surface area contributed by atoms with E-state index in [4.69, 9.17) is 0 Å². The number of halogens is 1. The van der Waals surface area contributed by atoms with Crippen molar-refractivity contribution >= 4 is 17.4 Å². The van der Waals surface area contributed by atoms with Crippen LogP contribution in [0.1, 0.15) is 28.3 Å². The number of amides is 1. The highest BCUT2D eigenvalue weighted by atomic mass is 19.1. The molecule has 3 aromatic rings. The largest absolute Gasteiger partial charge is 0.507 e. The summed E-state index contributed by atoms with van der Waals surface area (Å²) in [6.45, 7) is 2.17. The molecular weight excluding hydrogens is 381 g/mol. The van der Waals surface area contributed by atoms with E-state index in [1.165, 1.54) is 29.2 Å². The van der Waals surface area contributed by atoms with Gasteiger partial charge in [0.2, 0.25) is 0 Å². The summed E-state index contributed by atoms with van der Waals surface area (Å²) in [4.78, 5) is 27.4. The number of Topliss-reactive ketones (excluding diaryl/α,β-unsaturated/α-hetero) is 1. The molecule has 0 spiro atoms. The maximum atomic E-state index is 13.3. The van der Waals surface area contributed by atoms with Crippen molar-refractivity contribution in [2.24, 2.45) is 0 Å². The Morgan fingerprint density at radius 1 is 0.933 bits per heavy atom. The van der Waals surface area contributed by atoms with E-state index in [0.717, 1.165) is 16.7 Å². The third-order valence-corrected chi connectivity index (χ3v) is 5.25. The predicted octanol–water partition coefficient (Wildman–Crippen LogP) is 4.76. The third-order valence-electron chi connectivity index (χ3n) is 5.25. The van der Waals surface area contributed by atoms with E-state index < -0.39 is 23.5 Å². The summed E-state index contributed by atoms with van der Waals surface area (Å²) in [6.07, 6.45) is 0. The van der Waals surface area contributed by atoms with Gasteiger partial charge in [-0.1, -0.05) is 60.2 Å². The van der Waals surface area contributed by atoms with Gasteiger partial charge in [-0.25, -0.2) is 4.39 Å². The Morgan fingerprint density at radius 2 is 1.57 bits per heavy atom. The highest BCUT2D eigenvalue weighted by molar-refractivity contribution is 6.46. The fourth-order valence-corrected chi connectivity index (χ4v) is 3.68. The van der Waals surface area contributed by atoms with Gasteiger partial charge in [0.1, 0.15) is 11.6 Å². The Bertz CT molecular complexity index is 1120. The number of benzene rings is 3. The molecule has 0 aromatic heterocycles. The van der Waals surface area contributed by atoms with E-state index in [1.54, 1.807) is 0 Å². The number of aliphatic hydroxyl groups is 1. The van der Waals surface area contributed by atoms with E-state index in [2.05, 4.69) is 0 Å². The van der Waals surface area contributed by atoms with Crippen molar-refractivity contribution in [3.63, 3.8) is 0 Å². The Hall–Kier alpha value is -3.73. The summed E-state index contributed by atoms with van der Waals surface area (Å²) in [5.74, 6) is -2.19. The second-order valence-electron chi connectivity index (χ2n) is 7.33. The van der Waals surface area contributed by atoms with Crippen molar-refractivity contribution in [3.05, 3.63) is 113 Å². The average molecular weight is 401 g/mol. The van der Waals surface area contributed by atoms with E-state index in [0.29, 0.717) is 0 Å². The Morgan fingerprint density at radius 3 is 2.20 bits per heavy atom. The molecular formula is C25H20FNO3. The first-order chi connectivity index (χ1) is 14.5. The number of rotatable bonds is 4. The Balaban J connectivity index is 1.85. The van der Waals surface area contributed by atoms with Crippen LogP contribution in [0.4, 0.5) is 4.39 Å². The molecule has 4 rings (SSSR count). The van der Waals surface area contributed by atoms with Gasteiger partial charge >= 0.3 is 0 Å². The van der Waals surface area contributed by atoms with E-state index in [-0.39, 0.29) is 23.4 Å². The lowest BCUT2D eigenvalue weighted by Gasteiger charge is -2.25. The molecule has 5 heteroatoms. The molecule has 150 valence electrons. The molecule has 1 heterocycles. The van der Waals surface area contributed by atoms with E-state index in [1.807, 2.05) is 61.5 Å². The molecule has 0 aliphatic carbocycles. The first-order valence-electron chi connectivity index (χ1n) is 9.60. The minimum absolute atomic E-state index is 0.00592. The summed E-state index contributed by atoms with van der Waals surface area (Å²) in [6, 6.07) is 21.3. The van der Waals surface area contributed by atoms with Crippen LogP contribution in [0, 0.1) is 12.7 Å². The van der Waals surface area contributed by atoms with Crippen LogP contribution in [0.15, 0.2) is 84.4 Å². The number of ketones is 1. The maximum Gasteiger partial charge on any atom is 0.295 e. The quantitative estimate of drug-likeness (QED) is 0.390. The zero-order valence-electron chi connectivity index (χ0n) is 16.4. The lowest BCUT2D eigenvalue weighted by molar-refractivity contribution is -0.140. The lowest BCUT2D eigenvalue weighted by Crippen LogP contribution is -2.29. The molecule has 0 bridgehead atoms. The SMILES string of the molecule is Cc1ccc(C2C(=C(O)c3ccc(F)cc3)C(=O)C(=O)N2Cc2ccccc2)cc1. The van der Waals surface area contributed by atoms with Crippen LogP contribution < -0.4 is 0 Å². The molecule has 0 radical (unpaired) electrons. The van der Waals surface area contributed by atoms with Crippen LogP contribution >= 0.6 is 0 Å². The highest BCUT2D eigenvalue weighted by Crippen LogP contribution is 2.40. The van der Waals surface area contributed by atoms with E-state index >= 15 is 0 Å². The monoisotopic (exact) mass is 401 g/mol. The molecule has 1 aliphatic heterocycles. The fourth-order valence-electron chi connectivity index (χ4n) is 3.68. The number of carbonyl (C=O) groups is 2. The average Bonchev–Trinajstić information content (AvgIpc) is 3.00. The van der Waals surface area contributed by atoms with Gasteiger partial charge in [-0.05, 0) is 42.3 Å². The fraction of sp³-hybridized carbons (Fsp3) is 0.120. The smallest absolute Gasteiger partial charge is 0.295 e. The molecule has 1 aliphatic rings. The van der Waals surface area contributed by atoms with Gasteiger partial charge in [-0.15, -0.1) is 0 Å². The van der Waals surface area contributed by atoms with Gasteiger partial charge in [-0.3, -0.25) is 9.59 Å². The minimum Gasteiger partial charge on any atom is -0.507 e. The van der Waals surface area contributed by atoms with Gasteiger partial charge in [0.15, 0.2) is 0 Å². The van der Waals surface area contributed by atoms with Crippen molar-refractivity contribution in [1.82, 2.24) is 4.90 Å². The zero-order valence-corrected chi connectivity index (χ0v) is 16.4. The number of carbonyl (C=O) groups excluding carboxylic acids is 2. The number of aryl methyl sites for hydroxylation is 1. The van der Waals surface area contributed by atoms with Crippen LogP contribution in [0.3, 0.4) is 0 Å². The number of hydrogen-bond donors (Lipinski definition) is 1. The number of hydrogen-bond acceptors (Lipinski definition) is 3. The number of nitrogens with zero attached hydrogens (tertiary/aromatic N) is 1. The molecule has 0 saturated carbocycles. The molecule has 1 amide bonds. The van der Waals surface area contributed by atoms with Crippen LogP contribution in [-0.4, -0.2) is 21.7 Å². The highest BCUT2D eigenvalue weighted by Gasteiger charge is 2.46. The van der Waals surface area contributed by atoms with Gasteiger partial charge in [-0.2, -0.15) is 0 Å². The third kappa shape index (κ3) is 3.62. The second-order valence-corrected chi connectivity index (χ2v) is 7.33. The first kappa shape index (κ1) is 19.6. The van der Waals surface area contributed by atoms with Gasteiger partial charge in [0.25, 0.3) is 11.7 Å². The zero-order chi connectivity index (χ0) is 21.3. The van der Waals surface area contributed by atoms with Gasteiger partial charge < -0.3 is 10.0 Å². The van der Waals surface area contributed by atoms with Crippen molar-refractivity contribution in [1.29, 1.82) is 0 Å². The Labute approximate surface area is 173 Å². The normalized spacial score (nSPS) is 18.1. The molecule has 1 atom stereocenters.